The van der Waals surface area contributed by atoms with Crippen LogP contribution in [-0.2, 0) is 6.42 Å². The molecule has 1 N–H and O–H groups in total. The molecule has 0 amide bonds. The van der Waals surface area contributed by atoms with E-state index in [2.05, 4.69) is 21.5 Å². The average Bonchev–Trinajstić information content (AvgIpc) is 3.03. The minimum atomic E-state index is -0.127. The summed E-state index contributed by atoms with van der Waals surface area (Å²) in [6, 6.07) is 9.69. The van der Waals surface area contributed by atoms with Crippen molar-refractivity contribution in [3.05, 3.63) is 51.9 Å². The van der Waals surface area contributed by atoms with E-state index in [4.69, 9.17) is 4.74 Å². The highest BCUT2D eigenvalue weighted by molar-refractivity contribution is 7.20. The average molecular weight is 342 g/mol. The zero-order valence-electron chi connectivity index (χ0n) is 13.4. The van der Waals surface area contributed by atoms with Gasteiger partial charge < -0.3 is 10.1 Å². The smallest absolute Gasteiger partial charge is 0.275 e. The van der Waals surface area contributed by atoms with Gasteiger partial charge in [-0.25, -0.2) is 4.98 Å². The van der Waals surface area contributed by atoms with Crippen molar-refractivity contribution in [2.75, 3.05) is 18.5 Å². The molecule has 6 nitrogen and oxygen atoms in total. The van der Waals surface area contributed by atoms with Crippen LogP contribution < -0.4 is 15.6 Å². The van der Waals surface area contributed by atoms with Crippen LogP contribution in [0.2, 0.25) is 0 Å². The third-order valence-electron chi connectivity index (χ3n) is 4.24. The first-order valence-electron chi connectivity index (χ1n) is 8.10. The number of benzene rings is 1. The van der Waals surface area contributed by atoms with E-state index in [0.29, 0.717) is 10.9 Å². The van der Waals surface area contributed by atoms with E-state index in [-0.39, 0.29) is 5.56 Å². The van der Waals surface area contributed by atoms with Gasteiger partial charge in [-0.05, 0) is 24.5 Å². The molecule has 0 spiro atoms. The van der Waals surface area contributed by atoms with Gasteiger partial charge in [-0.1, -0.05) is 36.5 Å². The Balaban J connectivity index is 1.56. The van der Waals surface area contributed by atoms with Crippen molar-refractivity contribution in [2.24, 2.45) is 0 Å². The molecule has 2 aromatic heterocycles. The van der Waals surface area contributed by atoms with Crippen LogP contribution in [0.1, 0.15) is 30.5 Å². The fraction of sp³-hybridized carbons (Fsp3) is 0.353. The van der Waals surface area contributed by atoms with Crippen molar-refractivity contribution in [1.82, 2.24) is 14.6 Å². The minimum Gasteiger partial charge on any atom is -0.493 e. The summed E-state index contributed by atoms with van der Waals surface area (Å²) < 4.78 is 7.06. The summed E-state index contributed by atoms with van der Waals surface area (Å²) in [5.74, 6) is 1.34. The van der Waals surface area contributed by atoms with Gasteiger partial charge in [0, 0.05) is 24.2 Å². The van der Waals surface area contributed by atoms with E-state index in [1.54, 1.807) is 6.07 Å². The fourth-order valence-electron chi connectivity index (χ4n) is 2.95. The Bertz CT molecular complexity index is 934. The van der Waals surface area contributed by atoms with Crippen LogP contribution in [0.5, 0.6) is 5.75 Å². The van der Waals surface area contributed by atoms with E-state index in [9.17, 15) is 4.79 Å². The maximum atomic E-state index is 12.1. The molecule has 0 saturated heterocycles. The normalized spacial score (nSPS) is 16.6. The lowest BCUT2D eigenvalue weighted by atomic mass is 9.93. The Morgan fingerprint density at radius 2 is 2.29 bits per heavy atom. The van der Waals surface area contributed by atoms with E-state index >= 15 is 0 Å². The number of aryl methyl sites for hydroxylation is 1. The van der Waals surface area contributed by atoms with Crippen molar-refractivity contribution < 1.29 is 4.74 Å². The summed E-state index contributed by atoms with van der Waals surface area (Å²) in [5, 5.41) is 8.43. The lowest BCUT2D eigenvalue weighted by molar-refractivity contribution is 0.270. The molecule has 1 atom stereocenters. The largest absolute Gasteiger partial charge is 0.493 e. The van der Waals surface area contributed by atoms with Crippen molar-refractivity contribution in [2.45, 2.75) is 25.7 Å². The van der Waals surface area contributed by atoms with Crippen LogP contribution in [0.3, 0.4) is 0 Å². The van der Waals surface area contributed by atoms with Gasteiger partial charge in [0.25, 0.3) is 5.56 Å². The Kier molecular flexibility index (Phi) is 3.93. The maximum absolute atomic E-state index is 12.1. The molecule has 0 bridgehead atoms. The zero-order valence-corrected chi connectivity index (χ0v) is 14.2. The highest BCUT2D eigenvalue weighted by Crippen LogP contribution is 2.33. The van der Waals surface area contributed by atoms with Gasteiger partial charge in [0.1, 0.15) is 5.75 Å². The zero-order chi connectivity index (χ0) is 16.5. The van der Waals surface area contributed by atoms with E-state index in [0.717, 1.165) is 42.6 Å². The molecular formula is C17H18N4O2S. The number of hydrogen-bond donors (Lipinski definition) is 1. The van der Waals surface area contributed by atoms with Crippen molar-refractivity contribution in [3.63, 3.8) is 0 Å². The minimum absolute atomic E-state index is 0.127. The van der Waals surface area contributed by atoms with E-state index in [1.807, 2.05) is 25.1 Å². The molecule has 3 heterocycles. The molecule has 0 aliphatic carbocycles. The predicted octanol–water partition coefficient (Wildman–Crippen LogP) is 2.69. The summed E-state index contributed by atoms with van der Waals surface area (Å²) in [4.78, 5) is 17.2. The van der Waals surface area contributed by atoms with E-state index < -0.39 is 0 Å². The molecule has 124 valence electrons. The second-order valence-electron chi connectivity index (χ2n) is 5.79. The highest BCUT2D eigenvalue weighted by Gasteiger charge is 2.21. The number of nitrogens with zero attached hydrogens (tertiary/aromatic N) is 3. The van der Waals surface area contributed by atoms with Gasteiger partial charge in [-0.2, -0.15) is 4.52 Å². The molecule has 7 heteroatoms. The molecule has 1 aliphatic heterocycles. The number of nitrogens with one attached hydrogen (secondary N) is 1. The van der Waals surface area contributed by atoms with Crippen LogP contribution >= 0.6 is 11.3 Å². The van der Waals surface area contributed by atoms with Crippen LogP contribution in [0.15, 0.2) is 35.1 Å². The van der Waals surface area contributed by atoms with Gasteiger partial charge >= 0.3 is 0 Å². The lowest BCUT2D eigenvalue weighted by Gasteiger charge is -2.25. The first-order valence-corrected chi connectivity index (χ1v) is 8.91. The number of anilines is 1. The summed E-state index contributed by atoms with van der Waals surface area (Å²) in [5.41, 5.74) is 1.90. The fourth-order valence-corrected chi connectivity index (χ4v) is 3.78. The van der Waals surface area contributed by atoms with E-state index in [1.165, 1.54) is 21.4 Å². The first-order chi connectivity index (χ1) is 11.7. The summed E-state index contributed by atoms with van der Waals surface area (Å²) in [6.07, 6.45) is 1.71. The molecule has 1 aliphatic rings. The number of rotatable bonds is 4. The molecule has 0 radical (unpaired) electrons. The predicted molar refractivity (Wildman–Crippen MR) is 94.3 cm³/mol. The lowest BCUT2D eigenvalue weighted by Crippen LogP contribution is -2.21. The SMILES string of the molecule is CCc1cc(=O)n2nc(NCC3CCOc4ccccc43)sc2n1. The topological polar surface area (TPSA) is 68.5 Å². The standard InChI is InChI=1S/C17H18N4O2S/c1-2-12-9-15(22)21-17(19-12)24-16(20-21)18-10-11-7-8-23-14-6-4-3-5-13(11)14/h3-6,9,11H,2,7-8,10H2,1H3,(H,18,20). The number of para-hydroxylation sites is 1. The maximum Gasteiger partial charge on any atom is 0.275 e. The molecule has 1 unspecified atom stereocenters. The molecule has 24 heavy (non-hydrogen) atoms. The van der Waals surface area contributed by atoms with Gasteiger partial charge in [0.15, 0.2) is 0 Å². The number of aromatic nitrogens is 3. The third kappa shape index (κ3) is 2.75. The number of fused-ring (bicyclic) bond motifs is 2. The second-order valence-corrected chi connectivity index (χ2v) is 6.75. The second kappa shape index (κ2) is 6.24. The monoisotopic (exact) mass is 342 g/mol. The summed E-state index contributed by atoms with van der Waals surface area (Å²) >= 11 is 1.41. The Hall–Kier alpha value is -2.41. The molecule has 0 fully saturated rings. The Morgan fingerprint density at radius 1 is 1.42 bits per heavy atom. The van der Waals surface area contributed by atoms with Crippen LogP contribution in [-0.4, -0.2) is 27.7 Å². The number of hydrogen-bond acceptors (Lipinski definition) is 6. The quantitative estimate of drug-likeness (QED) is 0.789. The summed E-state index contributed by atoms with van der Waals surface area (Å²) in [6.45, 7) is 3.47. The molecular weight excluding hydrogens is 324 g/mol. The summed E-state index contributed by atoms with van der Waals surface area (Å²) in [7, 11) is 0. The van der Waals surface area contributed by atoms with Crippen molar-refractivity contribution in [1.29, 1.82) is 0 Å². The highest BCUT2D eigenvalue weighted by atomic mass is 32.1. The third-order valence-corrected chi connectivity index (χ3v) is 5.11. The van der Waals surface area contributed by atoms with Gasteiger partial charge in [-0.15, -0.1) is 5.10 Å². The van der Waals surface area contributed by atoms with Crippen LogP contribution in [0.25, 0.3) is 4.96 Å². The van der Waals surface area contributed by atoms with Gasteiger partial charge in [0.05, 0.1) is 6.61 Å². The Morgan fingerprint density at radius 3 is 3.17 bits per heavy atom. The van der Waals surface area contributed by atoms with Crippen LogP contribution in [0.4, 0.5) is 5.13 Å². The van der Waals surface area contributed by atoms with Gasteiger partial charge in [-0.3, -0.25) is 4.79 Å². The van der Waals surface area contributed by atoms with Gasteiger partial charge in [0.2, 0.25) is 10.1 Å². The first kappa shape index (κ1) is 15.1. The molecule has 4 rings (SSSR count). The van der Waals surface area contributed by atoms with Crippen molar-refractivity contribution >= 4 is 21.4 Å². The molecule has 0 saturated carbocycles. The molecule has 3 aromatic rings. The Labute approximate surface area is 143 Å². The van der Waals surface area contributed by atoms with Crippen molar-refractivity contribution in [3.8, 4) is 5.75 Å². The molecule has 1 aromatic carbocycles. The number of ether oxygens (including phenoxy) is 1. The van der Waals surface area contributed by atoms with Crippen LogP contribution in [0, 0.1) is 0 Å².